The summed E-state index contributed by atoms with van der Waals surface area (Å²) in [4.78, 5) is 23.3. The van der Waals surface area contributed by atoms with Crippen molar-refractivity contribution in [3.63, 3.8) is 0 Å². The van der Waals surface area contributed by atoms with Crippen molar-refractivity contribution in [3.8, 4) is 0 Å². The van der Waals surface area contributed by atoms with Crippen LogP contribution in [0.1, 0.15) is 97.8 Å². The Morgan fingerprint density at radius 3 is 1.80 bits per heavy atom. The van der Waals surface area contributed by atoms with Crippen LogP contribution in [0.25, 0.3) is 0 Å². The Morgan fingerprint density at radius 2 is 1.24 bits per heavy atom. The van der Waals surface area contributed by atoms with Gasteiger partial charge in [-0.15, -0.1) is 0 Å². The molecular weight excluding hydrogens is 316 g/mol. The summed E-state index contributed by atoms with van der Waals surface area (Å²) in [6.45, 7) is 6.77. The molecule has 0 bridgehead atoms. The molecule has 0 heterocycles. The van der Waals surface area contributed by atoms with Gasteiger partial charge in [0.2, 0.25) is 0 Å². The fraction of sp³-hybridized carbons (Fsp3) is 0.810. The largest absolute Gasteiger partial charge is 0.463 e. The molecule has 0 aliphatic carbocycles. The highest BCUT2D eigenvalue weighted by Gasteiger charge is 2.11. The van der Waals surface area contributed by atoms with Gasteiger partial charge in [-0.05, 0) is 19.3 Å². The number of rotatable bonds is 16. The van der Waals surface area contributed by atoms with Crippen LogP contribution in [0.5, 0.6) is 0 Å². The molecule has 0 unspecified atom stereocenters. The predicted octanol–water partition coefficient (Wildman–Crippen LogP) is 5.74. The molecule has 0 aromatic rings. The number of unbranched alkanes of at least 4 members (excludes halogenated alkanes) is 7. The fourth-order valence-corrected chi connectivity index (χ4v) is 2.70. The van der Waals surface area contributed by atoms with E-state index in [-0.39, 0.29) is 6.10 Å². The molecule has 0 rings (SSSR count). The van der Waals surface area contributed by atoms with Gasteiger partial charge in [0.15, 0.2) is 0 Å². The van der Waals surface area contributed by atoms with E-state index >= 15 is 0 Å². The van der Waals surface area contributed by atoms with Gasteiger partial charge in [-0.2, -0.15) is 0 Å². The molecule has 0 atom stereocenters. The van der Waals surface area contributed by atoms with Gasteiger partial charge in [0.05, 0.1) is 6.61 Å². The molecule has 0 saturated heterocycles. The Hall–Kier alpha value is -1.32. The molecule has 25 heavy (non-hydrogen) atoms. The summed E-state index contributed by atoms with van der Waals surface area (Å²) >= 11 is 0. The van der Waals surface area contributed by atoms with Crippen molar-refractivity contribution in [1.29, 1.82) is 0 Å². The van der Waals surface area contributed by atoms with Crippen LogP contribution in [0.2, 0.25) is 0 Å². The zero-order chi connectivity index (χ0) is 18.8. The molecule has 0 aromatic carbocycles. The van der Waals surface area contributed by atoms with E-state index in [0.717, 1.165) is 38.5 Å². The van der Waals surface area contributed by atoms with E-state index in [1.807, 2.05) is 0 Å². The van der Waals surface area contributed by atoms with E-state index in [2.05, 4.69) is 20.8 Å². The van der Waals surface area contributed by atoms with E-state index in [0.29, 0.717) is 6.61 Å². The third kappa shape index (κ3) is 15.9. The van der Waals surface area contributed by atoms with Crippen molar-refractivity contribution in [3.05, 3.63) is 12.2 Å². The Bertz CT molecular complexity index is 357. The van der Waals surface area contributed by atoms with Crippen LogP contribution in [0.15, 0.2) is 12.2 Å². The minimum atomic E-state index is -0.470. The minimum Gasteiger partial charge on any atom is -0.463 e. The first kappa shape index (κ1) is 23.7. The predicted molar refractivity (Wildman–Crippen MR) is 102 cm³/mol. The van der Waals surface area contributed by atoms with Crippen molar-refractivity contribution in [2.75, 3.05) is 6.61 Å². The normalized spacial score (nSPS) is 11.2. The van der Waals surface area contributed by atoms with Crippen LogP contribution in [0, 0.1) is 0 Å². The lowest BCUT2D eigenvalue weighted by atomic mass is 10.1. The minimum absolute atomic E-state index is 0.0551. The summed E-state index contributed by atoms with van der Waals surface area (Å²) in [5.41, 5.74) is 0. The Balaban J connectivity index is 3.72. The highest BCUT2D eigenvalue weighted by molar-refractivity contribution is 5.91. The van der Waals surface area contributed by atoms with Gasteiger partial charge >= 0.3 is 11.9 Å². The second-order valence-corrected chi connectivity index (χ2v) is 6.61. The average Bonchev–Trinajstić information content (AvgIpc) is 2.59. The second-order valence-electron chi connectivity index (χ2n) is 6.61. The molecular formula is C21H38O4. The van der Waals surface area contributed by atoms with Crippen molar-refractivity contribution in [2.24, 2.45) is 0 Å². The number of carbonyl (C=O) groups is 2. The zero-order valence-corrected chi connectivity index (χ0v) is 16.6. The lowest BCUT2D eigenvalue weighted by Crippen LogP contribution is -2.16. The second kappa shape index (κ2) is 17.5. The molecule has 0 aliphatic heterocycles. The maximum Gasteiger partial charge on any atom is 0.331 e. The molecule has 0 N–H and O–H groups in total. The number of hydrogen-bond acceptors (Lipinski definition) is 4. The molecule has 0 aromatic heterocycles. The molecule has 0 aliphatic rings. The fourth-order valence-electron chi connectivity index (χ4n) is 2.70. The van der Waals surface area contributed by atoms with E-state index in [1.54, 1.807) is 0 Å². The first-order chi connectivity index (χ1) is 12.1. The third-order valence-electron chi connectivity index (χ3n) is 4.10. The summed E-state index contributed by atoms with van der Waals surface area (Å²) in [5, 5.41) is 0. The van der Waals surface area contributed by atoms with E-state index in [1.165, 1.54) is 50.7 Å². The molecule has 0 radical (unpaired) electrons. The standard InChI is InChI=1S/C21H38O4/c1-4-7-8-9-10-11-12-13-18-24-20(22)16-17-21(23)25-19(14-5-2)15-6-3/h16-17,19H,4-15,18H2,1-3H3/b17-16+. The monoisotopic (exact) mass is 354 g/mol. The Morgan fingerprint density at radius 1 is 0.720 bits per heavy atom. The van der Waals surface area contributed by atoms with Crippen molar-refractivity contribution in [2.45, 2.75) is 104 Å². The third-order valence-corrected chi connectivity index (χ3v) is 4.10. The first-order valence-corrected chi connectivity index (χ1v) is 10.2. The van der Waals surface area contributed by atoms with Crippen LogP contribution in [-0.4, -0.2) is 24.6 Å². The van der Waals surface area contributed by atoms with Crippen molar-refractivity contribution < 1.29 is 19.1 Å². The highest BCUT2D eigenvalue weighted by Crippen LogP contribution is 2.10. The van der Waals surface area contributed by atoms with Gasteiger partial charge in [-0.25, -0.2) is 9.59 Å². The van der Waals surface area contributed by atoms with Gasteiger partial charge < -0.3 is 9.47 Å². The number of esters is 2. The van der Waals surface area contributed by atoms with Gasteiger partial charge in [-0.3, -0.25) is 0 Å². The van der Waals surface area contributed by atoms with E-state index < -0.39 is 11.9 Å². The maximum atomic E-state index is 11.7. The number of ether oxygens (including phenoxy) is 2. The molecule has 146 valence electrons. The van der Waals surface area contributed by atoms with Crippen molar-refractivity contribution in [1.82, 2.24) is 0 Å². The number of carbonyl (C=O) groups excluding carboxylic acids is 2. The van der Waals surface area contributed by atoms with Crippen LogP contribution in [0.3, 0.4) is 0 Å². The smallest absolute Gasteiger partial charge is 0.331 e. The summed E-state index contributed by atoms with van der Waals surface area (Å²) in [5.74, 6) is -0.932. The Labute approximate surface area is 154 Å². The summed E-state index contributed by atoms with van der Waals surface area (Å²) in [6, 6.07) is 0. The van der Waals surface area contributed by atoms with Gasteiger partial charge in [0.1, 0.15) is 6.10 Å². The Kier molecular flexibility index (Phi) is 16.6. The lowest BCUT2D eigenvalue weighted by Gasteiger charge is -2.14. The molecule has 0 amide bonds. The lowest BCUT2D eigenvalue weighted by molar-refractivity contribution is -0.144. The molecule has 0 saturated carbocycles. The van der Waals surface area contributed by atoms with E-state index in [4.69, 9.17) is 9.47 Å². The van der Waals surface area contributed by atoms with Gasteiger partial charge in [0.25, 0.3) is 0 Å². The van der Waals surface area contributed by atoms with Crippen LogP contribution in [0.4, 0.5) is 0 Å². The highest BCUT2D eigenvalue weighted by atomic mass is 16.5. The summed E-state index contributed by atoms with van der Waals surface area (Å²) < 4.78 is 10.5. The van der Waals surface area contributed by atoms with Crippen LogP contribution in [-0.2, 0) is 19.1 Å². The molecule has 4 nitrogen and oxygen atoms in total. The molecule has 0 fully saturated rings. The van der Waals surface area contributed by atoms with Crippen LogP contribution < -0.4 is 0 Å². The van der Waals surface area contributed by atoms with E-state index in [9.17, 15) is 9.59 Å². The van der Waals surface area contributed by atoms with Gasteiger partial charge in [0, 0.05) is 12.2 Å². The number of hydrogen-bond donors (Lipinski definition) is 0. The van der Waals surface area contributed by atoms with Gasteiger partial charge in [-0.1, -0.05) is 78.6 Å². The molecule has 0 spiro atoms. The SMILES string of the molecule is CCCCCCCCCCOC(=O)/C=C/C(=O)OC(CCC)CCC. The maximum absolute atomic E-state index is 11.7. The van der Waals surface area contributed by atoms with Crippen LogP contribution >= 0.6 is 0 Å². The summed E-state index contributed by atoms with van der Waals surface area (Å²) in [6.07, 6.45) is 15.6. The first-order valence-electron chi connectivity index (χ1n) is 10.2. The average molecular weight is 355 g/mol. The molecule has 4 heteroatoms. The topological polar surface area (TPSA) is 52.6 Å². The van der Waals surface area contributed by atoms with Crippen molar-refractivity contribution >= 4 is 11.9 Å². The summed E-state index contributed by atoms with van der Waals surface area (Å²) in [7, 11) is 0. The quantitative estimate of drug-likeness (QED) is 0.201. The zero-order valence-electron chi connectivity index (χ0n) is 16.6.